The van der Waals surface area contributed by atoms with Crippen molar-refractivity contribution in [1.82, 2.24) is 10.2 Å². The van der Waals surface area contributed by atoms with Crippen LogP contribution in [0.3, 0.4) is 0 Å². The molecule has 3 heteroatoms. The Bertz CT molecular complexity index is 615. The van der Waals surface area contributed by atoms with E-state index in [1.54, 1.807) is 0 Å². The predicted octanol–water partition coefficient (Wildman–Crippen LogP) is 3.83. The molecule has 140 valence electrons. The summed E-state index contributed by atoms with van der Waals surface area (Å²) in [6.45, 7) is 8.09. The Kier molecular flexibility index (Phi) is 6.47. The second kappa shape index (κ2) is 8.81. The SMILES string of the molecule is CC1(C)CC(C(O)CCN(Cc2ccccc2)Cc2ccccc2)CN1. The topological polar surface area (TPSA) is 35.5 Å². The number of rotatable bonds is 8. The Morgan fingerprint density at radius 3 is 2.00 bits per heavy atom. The molecule has 3 nitrogen and oxygen atoms in total. The van der Waals surface area contributed by atoms with Gasteiger partial charge in [0.1, 0.15) is 0 Å². The third-order valence-corrected chi connectivity index (χ3v) is 5.40. The van der Waals surface area contributed by atoms with E-state index in [-0.39, 0.29) is 11.6 Å². The van der Waals surface area contributed by atoms with Crippen molar-refractivity contribution in [3.63, 3.8) is 0 Å². The van der Waals surface area contributed by atoms with Crippen molar-refractivity contribution in [2.24, 2.45) is 5.92 Å². The molecule has 1 fully saturated rings. The highest BCUT2D eigenvalue weighted by atomic mass is 16.3. The molecule has 0 bridgehead atoms. The van der Waals surface area contributed by atoms with Crippen LogP contribution in [0.4, 0.5) is 0 Å². The standard InChI is InChI=1S/C23H32N2O/c1-23(2)15-21(16-24-23)22(26)13-14-25(17-19-9-5-3-6-10-19)18-20-11-7-4-8-12-20/h3-12,21-22,24,26H,13-18H2,1-2H3. The normalized spacial score (nSPS) is 20.4. The van der Waals surface area contributed by atoms with Crippen molar-refractivity contribution >= 4 is 0 Å². The summed E-state index contributed by atoms with van der Waals surface area (Å²) < 4.78 is 0. The molecule has 2 aromatic rings. The summed E-state index contributed by atoms with van der Waals surface area (Å²) in [6.07, 6.45) is 1.63. The van der Waals surface area contributed by atoms with Crippen molar-refractivity contribution in [3.05, 3.63) is 71.8 Å². The Balaban J connectivity index is 1.59. The molecule has 1 heterocycles. The van der Waals surface area contributed by atoms with Gasteiger partial charge in [-0.05, 0) is 43.7 Å². The van der Waals surface area contributed by atoms with E-state index in [4.69, 9.17) is 0 Å². The Labute approximate surface area is 158 Å². The molecular weight excluding hydrogens is 320 g/mol. The van der Waals surface area contributed by atoms with Gasteiger partial charge in [0.05, 0.1) is 6.10 Å². The maximum Gasteiger partial charge on any atom is 0.0593 e. The van der Waals surface area contributed by atoms with Gasteiger partial charge < -0.3 is 10.4 Å². The van der Waals surface area contributed by atoms with E-state index < -0.39 is 0 Å². The predicted molar refractivity (Wildman–Crippen MR) is 108 cm³/mol. The fourth-order valence-electron chi connectivity index (χ4n) is 3.93. The molecule has 0 aliphatic carbocycles. The quantitative estimate of drug-likeness (QED) is 0.758. The summed E-state index contributed by atoms with van der Waals surface area (Å²) in [5.74, 6) is 0.361. The molecule has 2 aromatic carbocycles. The van der Waals surface area contributed by atoms with Gasteiger partial charge in [0.15, 0.2) is 0 Å². The monoisotopic (exact) mass is 352 g/mol. The van der Waals surface area contributed by atoms with Crippen LogP contribution < -0.4 is 5.32 Å². The third kappa shape index (κ3) is 5.66. The Morgan fingerprint density at radius 2 is 1.54 bits per heavy atom. The molecule has 0 spiro atoms. The van der Waals surface area contributed by atoms with Crippen LogP contribution in [0.5, 0.6) is 0 Å². The fraction of sp³-hybridized carbons (Fsp3) is 0.478. The number of aliphatic hydroxyl groups excluding tert-OH is 1. The molecule has 2 atom stereocenters. The Morgan fingerprint density at radius 1 is 1.00 bits per heavy atom. The molecule has 2 unspecified atom stereocenters. The first kappa shape index (κ1) is 19.1. The zero-order valence-corrected chi connectivity index (χ0v) is 16.1. The van der Waals surface area contributed by atoms with E-state index in [0.29, 0.717) is 5.92 Å². The minimum absolute atomic E-state index is 0.152. The average molecular weight is 353 g/mol. The summed E-state index contributed by atoms with van der Waals surface area (Å²) >= 11 is 0. The zero-order chi connectivity index (χ0) is 18.4. The van der Waals surface area contributed by atoms with E-state index in [1.165, 1.54) is 11.1 Å². The number of aliphatic hydroxyl groups is 1. The van der Waals surface area contributed by atoms with Gasteiger partial charge in [-0.2, -0.15) is 0 Å². The van der Waals surface area contributed by atoms with Gasteiger partial charge in [-0.15, -0.1) is 0 Å². The van der Waals surface area contributed by atoms with E-state index in [1.807, 2.05) is 0 Å². The van der Waals surface area contributed by atoms with Crippen molar-refractivity contribution in [2.75, 3.05) is 13.1 Å². The van der Waals surface area contributed by atoms with Crippen LogP contribution in [0.2, 0.25) is 0 Å². The molecule has 0 radical (unpaired) electrons. The largest absolute Gasteiger partial charge is 0.393 e. The van der Waals surface area contributed by atoms with Gasteiger partial charge in [0, 0.05) is 31.7 Å². The minimum atomic E-state index is -0.238. The van der Waals surface area contributed by atoms with Crippen LogP contribution in [-0.2, 0) is 13.1 Å². The van der Waals surface area contributed by atoms with Crippen LogP contribution in [0.1, 0.15) is 37.8 Å². The molecule has 1 saturated heterocycles. The zero-order valence-electron chi connectivity index (χ0n) is 16.1. The first-order valence-corrected chi connectivity index (χ1v) is 9.75. The van der Waals surface area contributed by atoms with Crippen LogP contribution in [0.25, 0.3) is 0 Å². The first-order valence-electron chi connectivity index (χ1n) is 9.75. The van der Waals surface area contributed by atoms with Gasteiger partial charge in [-0.25, -0.2) is 0 Å². The summed E-state index contributed by atoms with van der Waals surface area (Å²) in [7, 11) is 0. The van der Waals surface area contributed by atoms with E-state index in [2.05, 4.69) is 84.7 Å². The van der Waals surface area contributed by atoms with Crippen molar-refractivity contribution < 1.29 is 5.11 Å². The van der Waals surface area contributed by atoms with Gasteiger partial charge in [-0.3, -0.25) is 4.90 Å². The van der Waals surface area contributed by atoms with Crippen LogP contribution in [-0.4, -0.2) is 34.7 Å². The lowest BCUT2D eigenvalue weighted by Crippen LogP contribution is -2.31. The number of hydrogen-bond donors (Lipinski definition) is 2. The van der Waals surface area contributed by atoms with Gasteiger partial charge >= 0.3 is 0 Å². The fourth-order valence-corrected chi connectivity index (χ4v) is 3.93. The van der Waals surface area contributed by atoms with Crippen LogP contribution in [0, 0.1) is 5.92 Å². The molecule has 1 aliphatic heterocycles. The first-order chi connectivity index (χ1) is 12.5. The molecule has 2 N–H and O–H groups in total. The second-order valence-corrected chi connectivity index (χ2v) is 8.27. The van der Waals surface area contributed by atoms with E-state index in [9.17, 15) is 5.11 Å². The third-order valence-electron chi connectivity index (χ3n) is 5.40. The number of nitrogens with zero attached hydrogens (tertiary/aromatic N) is 1. The summed E-state index contributed by atoms with van der Waals surface area (Å²) in [5, 5.41) is 14.2. The average Bonchev–Trinajstić information content (AvgIpc) is 3.01. The highest BCUT2D eigenvalue weighted by Gasteiger charge is 2.34. The molecular formula is C23H32N2O. The Hall–Kier alpha value is -1.68. The highest BCUT2D eigenvalue weighted by Crippen LogP contribution is 2.27. The maximum atomic E-state index is 10.7. The molecule has 0 aromatic heterocycles. The van der Waals surface area contributed by atoms with Crippen molar-refractivity contribution in [1.29, 1.82) is 0 Å². The molecule has 0 saturated carbocycles. The number of hydrogen-bond acceptors (Lipinski definition) is 3. The molecule has 1 aliphatic rings. The van der Waals surface area contributed by atoms with Crippen LogP contribution in [0.15, 0.2) is 60.7 Å². The van der Waals surface area contributed by atoms with E-state index in [0.717, 1.165) is 39.0 Å². The lowest BCUT2D eigenvalue weighted by molar-refractivity contribution is 0.0873. The summed E-state index contributed by atoms with van der Waals surface area (Å²) in [5.41, 5.74) is 2.79. The van der Waals surface area contributed by atoms with Crippen molar-refractivity contribution in [2.45, 2.75) is 51.4 Å². The number of nitrogens with one attached hydrogen (secondary N) is 1. The number of benzene rings is 2. The minimum Gasteiger partial charge on any atom is -0.393 e. The van der Waals surface area contributed by atoms with Gasteiger partial charge in [0.2, 0.25) is 0 Å². The van der Waals surface area contributed by atoms with Crippen LogP contribution >= 0.6 is 0 Å². The highest BCUT2D eigenvalue weighted by molar-refractivity contribution is 5.17. The van der Waals surface area contributed by atoms with Crippen molar-refractivity contribution in [3.8, 4) is 0 Å². The van der Waals surface area contributed by atoms with Gasteiger partial charge in [0.25, 0.3) is 0 Å². The lowest BCUT2D eigenvalue weighted by atomic mass is 9.91. The van der Waals surface area contributed by atoms with Gasteiger partial charge in [-0.1, -0.05) is 60.7 Å². The second-order valence-electron chi connectivity index (χ2n) is 8.27. The molecule has 3 rings (SSSR count). The molecule has 26 heavy (non-hydrogen) atoms. The smallest absolute Gasteiger partial charge is 0.0593 e. The lowest BCUT2D eigenvalue weighted by Gasteiger charge is -2.26. The summed E-state index contributed by atoms with van der Waals surface area (Å²) in [4.78, 5) is 2.45. The maximum absolute atomic E-state index is 10.7. The summed E-state index contributed by atoms with van der Waals surface area (Å²) in [6, 6.07) is 21.2. The van der Waals surface area contributed by atoms with E-state index >= 15 is 0 Å². The molecule has 0 amide bonds.